The molecule has 0 spiro atoms. The van der Waals surface area contributed by atoms with Crippen LogP contribution in [0.15, 0.2) is 0 Å². The largest absolute Gasteiger partial charge is 0.395 e. The van der Waals surface area contributed by atoms with E-state index in [1.165, 1.54) is 0 Å². The molecule has 2 N–H and O–H groups in total. The third-order valence-electron chi connectivity index (χ3n) is 1.16. The van der Waals surface area contributed by atoms with Gasteiger partial charge < -0.3 is 5.11 Å². The highest BCUT2D eigenvalue weighted by Gasteiger charge is 2.09. The van der Waals surface area contributed by atoms with Gasteiger partial charge in [0.05, 0.1) is 12.4 Å². The van der Waals surface area contributed by atoms with Gasteiger partial charge in [0.2, 0.25) is 0 Å². The number of aliphatic hydroxyl groups excluding tert-OH is 1. The van der Waals surface area contributed by atoms with Crippen LogP contribution in [0, 0.1) is 4.78 Å². The molecule has 0 saturated heterocycles. The lowest BCUT2D eigenvalue weighted by Gasteiger charge is -2.07. The van der Waals surface area contributed by atoms with Gasteiger partial charge in [0.15, 0.2) is 0 Å². The van der Waals surface area contributed by atoms with Crippen molar-refractivity contribution in [3.8, 4) is 0 Å². The van der Waals surface area contributed by atoms with E-state index in [4.69, 9.17) is 9.89 Å². The second-order valence-corrected chi connectivity index (χ2v) is 5.01. The number of aliphatic hydroxyl groups is 1. The summed E-state index contributed by atoms with van der Waals surface area (Å²) in [6, 6.07) is 0. The molecule has 0 bridgehead atoms. The lowest BCUT2D eigenvalue weighted by atomic mass is 10.6. The fourth-order valence-electron chi connectivity index (χ4n) is 0.371. The molecular weight excluding hydrogens is 138 g/mol. The Hall–Kier alpha value is -0.0900. The van der Waals surface area contributed by atoms with E-state index in [-0.39, 0.29) is 17.6 Å². The minimum Gasteiger partial charge on any atom is -0.395 e. The van der Waals surface area contributed by atoms with Crippen molar-refractivity contribution in [1.29, 1.82) is 4.78 Å². The zero-order valence-corrected chi connectivity index (χ0v) is 6.57. The maximum absolute atomic E-state index is 11.0. The summed E-state index contributed by atoms with van der Waals surface area (Å²) < 4.78 is 18.1. The van der Waals surface area contributed by atoms with Crippen molar-refractivity contribution in [1.82, 2.24) is 0 Å². The van der Waals surface area contributed by atoms with E-state index in [1.807, 2.05) is 0 Å². The molecule has 0 fully saturated rings. The molecular formula is C5H13NO2S. The van der Waals surface area contributed by atoms with Crippen molar-refractivity contribution < 1.29 is 9.32 Å². The molecule has 3 nitrogen and oxygen atoms in total. The van der Waals surface area contributed by atoms with Gasteiger partial charge in [-0.1, -0.05) is 13.8 Å². The molecule has 0 amide bonds. The molecule has 0 aliphatic carbocycles. The van der Waals surface area contributed by atoms with Crippen LogP contribution >= 0.6 is 0 Å². The van der Waals surface area contributed by atoms with Gasteiger partial charge in [0.25, 0.3) is 0 Å². The Balaban J connectivity index is 4.05. The first-order chi connectivity index (χ1) is 4.00. The van der Waals surface area contributed by atoms with Gasteiger partial charge in [0.1, 0.15) is 0 Å². The van der Waals surface area contributed by atoms with Crippen molar-refractivity contribution in [2.24, 2.45) is 0 Å². The third-order valence-corrected chi connectivity index (χ3v) is 3.47. The van der Waals surface area contributed by atoms with Gasteiger partial charge >= 0.3 is 0 Å². The lowest BCUT2D eigenvalue weighted by molar-refractivity contribution is 0.320. The van der Waals surface area contributed by atoms with Gasteiger partial charge in [-0.3, -0.25) is 4.78 Å². The molecule has 0 saturated carbocycles. The normalized spacial score (nSPS) is 17.8. The van der Waals surface area contributed by atoms with E-state index < -0.39 is 9.73 Å². The van der Waals surface area contributed by atoms with E-state index in [1.54, 1.807) is 13.8 Å². The molecule has 0 aliphatic rings. The number of nitrogens with one attached hydrogen (secondary N) is 1. The minimum atomic E-state index is -2.50. The van der Waals surface area contributed by atoms with Crippen molar-refractivity contribution in [2.75, 3.05) is 12.4 Å². The van der Waals surface area contributed by atoms with Gasteiger partial charge in [-0.25, -0.2) is 4.21 Å². The summed E-state index contributed by atoms with van der Waals surface area (Å²) in [4.78, 5) is 0. The monoisotopic (exact) mass is 151 g/mol. The van der Waals surface area contributed by atoms with E-state index >= 15 is 0 Å². The van der Waals surface area contributed by atoms with E-state index in [2.05, 4.69) is 0 Å². The van der Waals surface area contributed by atoms with Crippen LogP contribution in [0.4, 0.5) is 0 Å². The molecule has 56 valence electrons. The van der Waals surface area contributed by atoms with Crippen LogP contribution in [0.5, 0.6) is 0 Å². The van der Waals surface area contributed by atoms with Crippen LogP contribution in [0.25, 0.3) is 0 Å². The van der Waals surface area contributed by atoms with E-state index in [0.717, 1.165) is 0 Å². The lowest BCUT2D eigenvalue weighted by Crippen LogP contribution is -2.18. The van der Waals surface area contributed by atoms with Crippen LogP contribution in [-0.4, -0.2) is 26.9 Å². The average Bonchev–Trinajstić information content (AvgIpc) is 1.65. The van der Waals surface area contributed by atoms with Crippen molar-refractivity contribution in [2.45, 2.75) is 19.1 Å². The third kappa shape index (κ3) is 2.81. The number of hydrogen-bond donors (Lipinski definition) is 2. The van der Waals surface area contributed by atoms with E-state index in [9.17, 15) is 4.21 Å². The molecule has 9 heavy (non-hydrogen) atoms. The molecule has 4 heteroatoms. The molecule has 0 radical (unpaired) electrons. The fraction of sp³-hybridized carbons (Fsp3) is 1.00. The number of rotatable bonds is 3. The quantitative estimate of drug-likeness (QED) is 0.614. The maximum atomic E-state index is 11.0. The van der Waals surface area contributed by atoms with Gasteiger partial charge in [-0.15, -0.1) is 0 Å². The summed E-state index contributed by atoms with van der Waals surface area (Å²) >= 11 is 0. The zero-order chi connectivity index (χ0) is 7.49. The van der Waals surface area contributed by atoms with Crippen LogP contribution in [-0.2, 0) is 9.73 Å². The highest BCUT2D eigenvalue weighted by atomic mass is 32.2. The molecule has 1 unspecified atom stereocenters. The summed E-state index contributed by atoms with van der Waals surface area (Å²) in [5.41, 5.74) is 0. The molecule has 1 atom stereocenters. The summed E-state index contributed by atoms with van der Waals surface area (Å²) in [5, 5.41) is 8.20. The standard InChI is InChI=1S/C5H13NO2S/c1-5(2)9(6,8)4-3-7/h5-7H,3-4H2,1-2H3. The molecule has 0 aromatic heterocycles. The first kappa shape index (κ1) is 8.91. The van der Waals surface area contributed by atoms with Crippen LogP contribution in [0.1, 0.15) is 13.8 Å². The van der Waals surface area contributed by atoms with Gasteiger partial charge in [-0.2, -0.15) is 0 Å². The summed E-state index contributed by atoms with van der Waals surface area (Å²) in [5.74, 6) is 0.102. The predicted octanol–water partition coefficient (Wildman–Crippen LogP) is 0.434. The van der Waals surface area contributed by atoms with Gasteiger partial charge in [-0.05, 0) is 0 Å². The van der Waals surface area contributed by atoms with Crippen LogP contribution in [0.3, 0.4) is 0 Å². The Bertz CT molecular complexity index is 160. The van der Waals surface area contributed by atoms with Gasteiger partial charge in [0, 0.05) is 15.0 Å². The SMILES string of the molecule is CC(C)S(=N)(=O)CCO. The molecule has 0 aliphatic heterocycles. The first-order valence-corrected chi connectivity index (χ1v) is 4.66. The Labute approximate surface area is 56.1 Å². The van der Waals surface area contributed by atoms with Crippen LogP contribution < -0.4 is 0 Å². The molecule has 0 aromatic carbocycles. The maximum Gasteiger partial charge on any atom is 0.0555 e. The van der Waals surface area contributed by atoms with E-state index in [0.29, 0.717) is 0 Å². The Morgan fingerprint density at radius 2 is 2.11 bits per heavy atom. The fourth-order valence-corrected chi connectivity index (χ4v) is 1.11. The zero-order valence-electron chi connectivity index (χ0n) is 5.76. The number of hydrogen-bond acceptors (Lipinski definition) is 3. The molecule has 0 aromatic rings. The Morgan fingerprint density at radius 1 is 1.67 bits per heavy atom. The highest BCUT2D eigenvalue weighted by molar-refractivity contribution is 7.92. The van der Waals surface area contributed by atoms with Crippen molar-refractivity contribution >= 4 is 9.73 Å². The second kappa shape index (κ2) is 3.17. The summed E-state index contributed by atoms with van der Waals surface area (Å²) in [6.45, 7) is 3.30. The van der Waals surface area contributed by atoms with Crippen LogP contribution in [0.2, 0.25) is 0 Å². The Morgan fingerprint density at radius 3 is 2.22 bits per heavy atom. The predicted molar refractivity (Wildman–Crippen MR) is 38.0 cm³/mol. The average molecular weight is 151 g/mol. The second-order valence-electron chi connectivity index (χ2n) is 2.20. The molecule has 0 heterocycles. The first-order valence-electron chi connectivity index (χ1n) is 2.87. The summed E-state index contributed by atoms with van der Waals surface area (Å²) in [6.07, 6.45) is 0. The minimum absolute atomic E-state index is 0.102. The Kier molecular flexibility index (Phi) is 3.14. The smallest absolute Gasteiger partial charge is 0.0555 e. The summed E-state index contributed by atoms with van der Waals surface area (Å²) in [7, 11) is -2.50. The van der Waals surface area contributed by atoms with Crippen molar-refractivity contribution in [3.05, 3.63) is 0 Å². The van der Waals surface area contributed by atoms with Crippen molar-refractivity contribution in [3.63, 3.8) is 0 Å². The topological polar surface area (TPSA) is 61.2 Å². The highest BCUT2D eigenvalue weighted by Crippen LogP contribution is 1.99. The molecule has 0 rings (SSSR count).